The van der Waals surface area contributed by atoms with Gasteiger partial charge in [-0.05, 0) is 38.9 Å². The molecule has 0 radical (unpaired) electrons. The summed E-state index contributed by atoms with van der Waals surface area (Å²) in [6.07, 6.45) is -0.482. The number of ether oxygens (including phenoxy) is 2. The Kier molecular flexibility index (Phi) is 6.27. The van der Waals surface area contributed by atoms with Crippen molar-refractivity contribution in [1.29, 1.82) is 0 Å². The first-order chi connectivity index (χ1) is 9.84. The molecule has 3 atom stereocenters. The van der Waals surface area contributed by atoms with Crippen molar-refractivity contribution in [1.82, 2.24) is 0 Å². The first-order valence-corrected chi connectivity index (χ1v) is 10.9. The number of hydrogen-bond acceptors (Lipinski definition) is 4. The minimum absolute atomic E-state index is 0.162. The van der Waals surface area contributed by atoms with Gasteiger partial charge >= 0.3 is 0 Å². The predicted molar refractivity (Wildman–Crippen MR) is 91.0 cm³/mol. The summed E-state index contributed by atoms with van der Waals surface area (Å²) in [6, 6.07) is 0. The molecule has 1 N–H and O–H groups in total. The maximum absolute atomic E-state index is 9.30. The second-order valence-corrected chi connectivity index (χ2v) is 12.8. The highest BCUT2D eigenvalue weighted by Crippen LogP contribution is 2.37. The minimum atomic E-state index is -1.82. The van der Waals surface area contributed by atoms with Crippen LogP contribution in [0.4, 0.5) is 0 Å². The zero-order valence-electron chi connectivity index (χ0n) is 15.3. The van der Waals surface area contributed by atoms with Crippen LogP contribution >= 0.6 is 0 Å². The summed E-state index contributed by atoms with van der Waals surface area (Å²) in [5.74, 6) is 5.40. The van der Waals surface area contributed by atoms with Gasteiger partial charge in [0.1, 0.15) is 12.2 Å². The quantitative estimate of drug-likeness (QED) is 0.635. The van der Waals surface area contributed by atoms with Crippen molar-refractivity contribution in [2.24, 2.45) is 0 Å². The molecule has 1 saturated heterocycles. The van der Waals surface area contributed by atoms with E-state index in [1.807, 2.05) is 13.8 Å². The molecule has 0 unspecified atom stereocenters. The van der Waals surface area contributed by atoms with Crippen molar-refractivity contribution in [2.45, 2.75) is 90.2 Å². The third-order valence-electron chi connectivity index (χ3n) is 4.24. The Morgan fingerprint density at radius 1 is 1.27 bits per heavy atom. The molecule has 22 heavy (non-hydrogen) atoms. The Bertz CT molecular complexity index is 426. The van der Waals surface area contributed by atoms with E-state index in [-0.39, 0.29) is 17.2 Å². The first kappa shape index (κ1) is 19.7. The SMILES string of the molecule is C[C@H](O)CC#C[C@@H]1OC(C)(C)O[C@H]1CO[Si](C)(C)C(C)(C)C. The standard InChI is InChI=1S/C17H32O4Si/c1-13(18)10-9-11-14-15(21-17(5,6)20-14)12-19-22(7,8)16(2,3)4/h13-15,18H,10,12H2,1-8H3/t13-,14-,15-/m0/s1. The van der Waals surface area contributed by atoms with Gasteiger partial charge in [-0.1, -0.05) is 32.6 Å². The molecular weight excluding hydrogens is 296 g/mol. The summed E-state index contributed by atoms with van der Waals surface area (Å²) >= 11 is 0. The van der Waals surface area contributed by atoms with E-state index in [0.717, 1.165) is 0 Å². The summed E-state index contributed by atoms with van der Waals surface area (Å²) < 4.78 is 18.0. The molecule has 0 aromatic heterocycles. The van der Waals surface area contributed by atoms with E-state index in [0.29, 0.717) is 13.0 Å². The molecule has 0 aliphatic carbocycles. The largest absolute Gasteiger partial charge is 0.414 e. The predicted octanol–water partition coefficient (Wildman–Crippen LogP) is 3.30. The fourth-order valence-electron chi connectivity index (χ4n) is 1.89. The Hall–Kier alpha value is -0.383. The van der Waals surface area contributed by atoms with Crippen LogP contribution in [0.25, 0.3) is 0 Å². The summed E-state index contributed by atoms with van der Waals surface area (Å²) in [5.41, 5.74) is 0. The molecule has 128 valence electrons. The van der Waals surface area contributed by atoms with Gasteiger partial charge in [0.25, 0.3) is 0 Å². The summed E-state index contributed by atoms with van der Waals surface area (Å²) in [4.78, 5) is 0. The van der Waals surface area contributed by atoms with Gasteiger partial charge < -0.3 is 19.0 Å². The molecule has 0 spiro atoms. The van der Waals surface area contributed by atoms with Gasteiger partial charge in [0, 0.05) is 6.42 Å². The van der Waals surface area contributed by atoms with E-state index in [9.17, 15) is 5.11 Å². The van der Waals surface area contributed by atoms with Crippen molar-refractivity contribution in [3.8, 4) is 11.8 Å². The molecule has 1 aliphatic rings. The number of hydrogen-bond donors (Lipinski definition) is 1. The van der Waals surface area contributed by atoms with Gasteiger partial charge in [-0.2, -0.15) is 0 Å². The maximum atomic E-state index is 9.30. The first-order valence-electron chi connectivity index (χ1n) is 8.00. The van der Waals surface area contributed by atoms with E-state index >= 15 is 0 Å². The fraction of sp³-hybridized carbons (Fsp3) is 0.882. The van der Waals surface area contributed by atoms with Crippen molar-refractivity contribution in [2.75, 3.05) is 6.61 Å². The van der Waals surface area contributed by atoms with Gasteiger partial charge in [0.2, 0.25) is 0 Å². The topological polar surface area (TPSA) is 47.9 Å². The van der Waals surface area contributed by atoms with Crippen LogP contribution in [0.15, 0.2) is 0 Å². The lowest BCUT2D eigenvalue weighted by atomic mass is 10.2. The molecule has 0 bridgehead atoms. The molecule has 0 saturated carbocycles. The van der Waals surface area contributed by atoms with E-state index in [2.05, 4.69) is 45.7 Å². The Balaban J connectivity index is 2.71. The summed E-state index contributed by atoms with van der Waals surface area (Å²) in [7, 11) is -1.82. The molecule has 0 aromatic rings. The highest BCUT2D eigenvalue weighted by molar-refractivity contribution is 6.74. The minimum Gasteiger partial charge on any atom is -0.414 e. The van der Waals surface area contributed by atoms with Gasteiger partial charge in [0.15, 0.2) is 14.1 Å². The summed E-state index contributed by atoms with van der Waals surface area (Å²) in [5, 5.41) is 9.46. The molecule has 1 rings (SSSR count). The lowest BCUT2D eigenvalue weighted by molar-refractivity contribution is -0.145. The highest BCUT2D eigenvalue weighted by atomic mass is 28.4. The zero-order chi connectivity index (χ0) is 17.2. The Labute approximate surface area is 136 Å². The van der Waals surface area contributed by atoms with Crippen LogP contribution in [0.1, 0.15) is 48.0 Å². The smallest absolute Gasteiger partial charge is 0.192 e. The van der Waals surface area contributed by atoms with Gasteiger partial charge in [-0.25, -0.2) is 0 Å². The third-order valence-corrected chi connectivity index (χ3v) is 8.74. The molecule has 1 aliphatic heterocycles. The molecule has 0 amide bonds. The normalized spacial score (nSPS) is 26.4. The number of aliphatic hydroxyl groups is 1. The maximum Gasteiger partial charge on any atom is 0.192 e. The molecule has 4 nitrogen and oxygen atoms in total. The van der Waals surface area contributed by atoms with E-state index < -0.39 is 20.2 Å². The number of rotatable bonds is 4. The van der Waals surface area contributed by atoms with Gasteiger partial charge in [-0.15, -0.1) is 0 Å². The van der Waals surface area contributed by atoms with Crippen LogP contribution in [-0.2, 0) is 13.9 Å². The zero-order valence-corrected chi connectivity index (χ0v) is 16.3. The van der Waals surface area contributed by atoms with Crippen molar-refractivity contribution >= 4 is 8.32 Å². The van der Waals surface area contributed by atoms with E-state index in [1.165, 1.54) is 0 Å². The van der Waals surface area contributed by atoms with Crippen LogP contribution in [0.3, 0.4) is 0 Å². The monoisotopic (exact) mass is 328 g/mol. The average molecular weight is 329 g/mol. The van der Waals surface area contributed by atoms with E-state index in [4.69, 9.17) is 13.9 Å². The Morgan fingerprint density at radius 2 is 1.86 bits per heavy atom. The van der Waals surface area contributed by atoms with Gasteiger partial charge in [0.05, 0.1) is 12.7 Å². The Morgan fingerprint density at radius 3 is 2.36 bits per heavy atom. The lowest BCUT2D eigenvalue weighted by Gasteiger charge is -2.37. The van der Waals surface area contributed by atoms with Gasteiger partial charge in [-0.3, -0.25) is 0 Å². The van der Waals surface area contributed by atoms with Crippen molar-refractivity contribution in [3.05, 3.63) is 0 Å². The van der Waals surface area contributed by atoms with Crippen LogP contribution in [-0.4, -0.2) is 44.1 Å². The molecular formula is C17H32O4Si. The summed E-state index contributed by atoms with van der Waals surface area (Å²) in [6.45, 7) is 17.1. The van der Waals surface area contributed by atoms with Crippen LogP contribution in [0.5, 0.6) is 0 Å². The van der Waals surface area contributed by atoms with Crippen molar-refractivity contribution < 1.29 is 19.0 Å². The van der Waals surface area contributed by atoms with E-state index in [1.54, 1.807) is 6.92 Å². The number of aliphatic hydroxyl groups excluding tert-OH is 1. The molecule has 1 heterocycles. The van der Waals surface area contributed by atoms with Crippen molar-refractivity contribution in [3.63, 3.8) is 0 Å². The molecule has 1 fully saturated rings. The van der Waals surface area contributed by atoms with Crippen LogP contribution in [0, 0.1) is 11.8 Å². The second-order valence-electron chi connectivity index (χ2n) is 8.04. The third kappa shape index (κ3) is 5.67. The highest BCUT2D eigenvalue weighted by Gasteiger charge is 2.43. The second kappa shape index (κ2) is 7.02. The lowest BCUT2D eigenvalue weighted by Crippen LogP contribution is -2.44. The van der Waals surface area contributed by atoms with Crippen LogP contribution < -0.4 is 0 Å². The van der Waals surface area contributed by atoms with Crippen LogP contribution in [0.2, 0.25) is 18.1 Å². The molecule has 5 heteroatoms. The molecule has 0 aromatic carbocycles. The fourth-order valence-corrected chi connectivity index (χ4v) is 2.91. The average Bonchev–Trinajstić information content (AvgIpc) is 2.59.